The van der Waals surface area contributed by atoms with E-state index in [1.807, 2.05) is 54.3 Å². The molecule has 25 heavy (non-hydrogen) atoms. The van der Waals surface area contributed by atoms with E-state index in [2.05, 4.69) is 20.3 Å². The van der Waals surface area contributed by atoms with Gasteiger partial charge in [-0.3, -0.25) is 4.79 Å². The van der Waals surface area contributed by atoms with E-state index in [-0.39, 0.29) is 11.9 Å². The van der Waals surface area contributed by atoms with Crippen LogP contribution in [0.1, 0.15) is 17.7 Å². The van der Waals surface area contributed by atoms with E-state index in [0.29, 0.717) is 25.3 Å². The minimum Gasteiger partial charge on any atom is -0.363 e. The minimum atomic E-state index is 0.0247. The Morgan fingerprint density at radius 2 is 2.00 bits per heavy atom. The molecule has 3 aromatic rings. The molecule has 0 bridgehead atoms. The molecule has 0 saturated carbocycles. The summed E-state index contributed by atoms with van der Waals surface area (Å²) in [4.78, 5) is 27.3. The average molecular weight is 333 g/mol. The van der Waals surface area contributed by atoms with E-state index in [0.717, 1.165) is 22.3 Å². The lowest BCUT2D eigenvalue weighted by molar-refractivity contribution is -0.128. The molecule has 3 heterocycles. The molecule has 1 unspecified atom stereocenters. The fraction of sp³-hybridized carbons (Fsp3) is 0.263. The third kappa shape index (κ3) is 3.28. The van der Waals surface area contributed by atoms with Crippen molar-refractivity contribution < 1.29 is 4.79 Å². The first-order valence-corrected chi connectivity index (χ1v) is 8.35. The van der Waals surface area contributed by atoms with E-state index in [4.69, 9.17) is 0 Å². The summed E-state index contributed by atoms with van der Waals surface area (Å²) in [6.45, 7) is 3.24. The highest BCUT2D eigenvalue weighted by Gasteiger charge is 2.30. The molecule has 0 radical (unpaired) electrons. The van der Waals surface area contributed by atoms with Crippen molar-refractivity contribution in [3.8, 4) is 0 Å². The molecule has 1 atom stereocenters. The third-order valence-electron chi connectivity index (χ3n) is 4.39. The first kappa shape index (κ1) is 15.5. The molecule has 126 valence electrons. The second-order valence-electron chi connectivity index (χ2n) is 6.35. The summed E-state index contributed by atoms with van der Waals surface area (Å²) >= 11 is 0. The summed E-state index contributed by atoms with van der Waals surface area (Å²) in [5.41, 5.74) is 3.60. The van der Waals surface area contributed by atoms with Crippen LogP contribution in [-0.2, 0) is 11.3 Å². The summed E-state index contributed by atoms with van der Waals surface area (Å²) in [5.74, 6) is 0.844. The Hall–Kier alpha value is -3.02. The van der Waals surface area contributed by atoms with Crippen LogP contribution in [0, 0.1) is 6.92 Å². The molecule has 1 saturated heterocycles. The summed E-state index contributed by atoms with van der Waals surface area (Å²) in [6, 6.07) is 13.9. The highest BCUT2D eigenvalue weighted by molar-refractivity contribution is 5.86. The van der Waals surface area contributed by atoms with Gasteiger partial charge < -0.3 is 10.2 Å². The molecule has 0 spiro atoms. The molecule has 1 aliphatic rings. The van der Waals surface area contributed by atoms with Crippen molar-refractivity contribution in [3.63, 3.8) is 0 Å². The number of aryl methyl sites for hydroxylation is 1. The molecule has 1 amide bonds. The number of carbonyl (C=O) groups excluding carboxylic acids is 1. The molecular weight excluding hydrogens is 314 g/mol. The first-order valence-electron chi connectivity index (χ1n) is 8.35. The molecule has 4 rings (SSSR count). The summed E-state index contributed by atoms with van der Waals surface area (Å²) in [6.07, 6.45) is 1.99. The van der Waals surface area contributed by atoms with Crippen molar-refractivity contribution in [1.82, 2.24) is 19.9 Å². The molecule has 1 fully saturated rings. The Kier molecular flexibility index (Phi) is 4.01. The number of rotatable bonds is 4. The van der Waals surface area contributed by atoms with Crippen LogP contribution in [0.5, 0.6) is 0 Å². The predicted molar refractivity (Wildman–Crippen MR) is 96.0 cm³/mol. The molecule has 0 aliphatic carbocycles. The second kappa shape index (κ2) is 6.47. The number of amides is 1. The molecule has 2 aromatic heterocycles. The van der Waals surface area contributed by atoms with E-state index in [9.17, 15) is 4.79 Å². The lowest BCUT2D eigenvalue weighted by Crippen LogP contribution is -2.27. The number of aromatic nitrogens is 3. The Morgan fingerprint density at radius 3 is 2.84 bits per heavy atom. The van der Waals surface area contributed by atoms with E-state index in [1.165, 1.54) is 6.33 Å². The quantitative estimate of drug-likeness (QED) is 0.794. The van der Waals surface area contributed by atoms with Crippen LogP contribution in [0.25, 0.3) is 11.0 Å². The summed E-state index contributed by atoms with van der Waals surface area (Å²) < 4.78 is 0. The van der Waals surface area contributed by atoms with Gasteiger partial charge in [0.05, 0.1) is 11.6 Å². The van der Waals surface area contributed by atoms with Gasteiger partial charge in [-0.2, -0.15) is 0 Å². The highest BCUT2D eigenvalue weighted by Crippen LogP contribution is 2.22. The van der Waals surface area contributed by atoms with Crippen LogP contribution in [0.3, 0.4) is 0 Å². The number of likely N-dealkylation sites (tertiary alicyclic amines) is 1. The Bertz CT molecular complexity index is 912. The zero-order valence-electron chi connectivity index (χ0n) is 14.0. The minimum absolute atomic E-state index is 0.0247. The van der Waals surface area contributed by atoms with E-state index < -0.39 is 0 Å². The number of hydrogen-bond acceptors (Lipinski definition) is 5. The van der Waals surface area contributed by atoms with Crippen LogP contribution in [0.4, 0.5) is 5.82 Å². The molecular formula is C19H19N5O. The van der Waals surface area contributed by atoms with Gasteiger partial charge in [-0.15, -0.1) is 0 Å². The summed E-state index contributed by atoms with van der Waals surface area (Å²) in [7, 11) is 0. The average Bonchev–Trinajstić information content (AvgIpc) is 2.95. The van der Waals surface area contributed by atoms with Gasteiger partial charge in [0.1, 0.15) is 11.8 Å². The van der Waals surface area contributed by atoms with Crippen molar-refractivity contribution in [1.29, 1.82) is 0 Å². The monoisotopic (exact) mass is 333 g/mol. The highest BCUT2D eigenvalue weighted by atomic mass is 16.2. The van der Waals surface area contributed by atoms with Crippen LogP contribution < -0.4 is 5.32 Å². The number of pyridine rings is 1. The maximum absolute atomic E-state index is 12.3. The van der Waals surface area contributed by atoms with Crippen molar-refractivity contribution >= 4 is 22.8 Å². The summed E-state index contributed by atoms with van der Waals surface area (Å²) in [5, 5.41) is 3.38. The number of carbonyl (C=O) groups is 1. The van der Waals surface area contributed by atoms with Crippen LogP contribution in [0.15, 0.2) is 48.8 Å². The number of anilines is 1. The van der Waals surface area contributed by atoms with Gasteiger partial charge in [0.2, 0.25) is 5.91 Å². The number of fused-ring (bicyclic) bond motifs is 1. The van der Waals surface area contributed by atoms with Crippen molar-refractivity contribution in [2.45, 2.75) is 25.9 Å². The normalized spacial score (nSPS) is 17.2. The topological polar surface area (TPSA) is 71.0 Å². The molecule has 1 N–H and O–H groups in total. The van der Waals surface area contributed by atoms with Gasteiger partial charge in [0.25, 0.3) is 0 Å². The van der Waals surface area contributed by atoms with E-state index in [1.54, 1.807) is 0 Å². The second-order valence-corrected chi connectivity index (χ2v) is 6.35. The van der Waals surface area contributed by atoms with Gasteiger partial charge >= 0.3 is 0 Å². The zero-order valence-corrected chi connectivity index (χ0v) is 14.0. The molecule has 1 aromatic carbocycles. The maximum atomic E-state index is 12.3. The van der Waals surface area contributed by atoms with Gasteiger partial charge in [0, 0.05) is 25.2 Å². The number of nitrogens with one attached hydrogen (secondary N) is 1. The fourth-order valence-electron chi connectivity index (χ4n) is 3.16. The standard InChI is InChI=1S/C19H19N5O/c1-13-7-8-16-18(22-13)19(21-12-20-16)23-15-9-17(25)24(11-15)10-14-5-3-2-4-6-14/h2-8,12,15H,9-11H2,1H3,(H,20,21,23). The Morgan fingerprint density at radius 1 is 1.16 bits per heavy atom. The smallest absolute Gasteiger partial charge is 0.225 e. The molecule has 1 aliphatic heterocycles. The van der Waals surface area contributed by atoms with Gasteiger partial charge in [-0.25, -0.2) is 15.0 Å². The first-order chi connectivity index (χ1) is 12.2. The molecule has 6 heteroatoms. The lowest BCUT2D eigenvalue weighted by atomic mass is 10.2. The fourth-order valence-corrected chi connectivity index (χ4v) is 3.16. The van der Waals surface area contributed by atoms with E-state index >= 15 is 0 Å². The third-order valence-corrected chi connectivity index (χ3v) is 4.39. The lowest BCUT2D eigenvalue weighted by Gasteiger charge is -2.17. The SMILES string of the molecule is Cc1ccc2ncnc(NC3CC(=O)N(Cc4ccccc4)C3)c2n1. The Labute approximate surface area is 145 Å². The number of benzene rings is 1. The van der Waals surface area contributed by atoms with Crippen molar-refractivity contribution in [2.24, 2.45) is 0 Å². The maximum Gasteiger partial charge on any atom is 0.225 e. The van der Waals surface area contributed by atoms with Crippen LogP contribution in [0.2, 0.25) is 0 Å². The van der Waals surface area contributed by atoms with Crippen LogP contribution >= 0.6 is 0 Å². The number of nitrogens with zero attached hydrogens (tertiary/aromatic N) is 4. The Balaban J connectivity index is 1.51. The zero-order chi connectivity index (χ0) is 17.2. The van der Waals surface area contributed by atoms with Gasteiger partial charge in [-0.05, 0) is 24.6 Å². The predicted octanol–water partition coefficient (Wildman–Crippen LogP) is 2.55. The van der Waals surface area contributed by atoms with Crippen molar-refractivity contribution in [2.75, 3.05) is 11.9 Å². The van der Waals surface area contributed by atoms with Gasteiger partial charge in [0.15, 0.2) is 5.82 Å². The van der Waals surface area contributed by atoms with Gasteiger partial charge in [-0.1, -0.05) is 30.3 Å². The van der Waals surface area contributed by atoms with Crippen molar-refractivity contribution in [3.05, 3.63) is 60.0 Å². The number of hydrogen-bond donors (Lipinski definition) is 1. The largest absolute Gasteiger partial charge is 0.363 e. The van der Waals surface area contributed by atoms with Crippen LogP contribution in [-0.4, -0.2) is 38.3 Å². The molecule has 6 nitrogen and oxygen atoms in total.